The van der Waals surface area contributed by atoms with Crippen molar-refractivity contribution in [1.29, 1.82) is 0 Å². The molecule has 556 valence electrons. The molecule has 8 aliphatic rings. The van der Waals surface area contributed by atoms with E-state index in [9.17, 15) is 9.59 Å². The van der Waals surface area contributed by atoms with Crippen molar-refractivity contribution in [1.82, 2.24) is 64.7 Å². The number of rotatable bonds is 17. The number of aryl methyl sites for hydroxylation is 2. The number of likely N-dealkylation sites (tertiary alicyclic amines) is 2. The second-order valence-corrected chi connectivity index (χ2v) is 41.7. The summed E-state index contributed by atoms with van der Waals surface area (Å²) in [7, 11) is -2.29. The zero-order valence-corrected chi connectivity index (χ0v) is 65.1. The molecule has 8 fully saturated rings. The monoisotopic (exact) mass is 1480 g/mol. The van der Waals surface area contributed by atoms with E-state index in [0.29, 0.717) is 89.3 Å². The molecule has 6 aromatic heterocycles. The molecule has 7 atom stereocenters. The van der Waals surface area contributed by atoms with Gasteiger partial charge in [0, 0.05) is 91.9 Å². The molecule has 2 aromatic carbocycles. The second-order valence-electron chi connectivity index (χ2n) is 35.1. The van der Waals surface area contributed by atoms with E-state index < -0.39 is 49.4 Å². The summed E-state index contributed by atoms with van der Waals surface area (Å²) in [5.41, 5.74) is 4.21. The van der Waals surface area contributed by atoms with E-state index in [1.54, 1.807) is 37.9 Å². The molecular formula is C77H99F3N14O7S2Si. The topological polar surface area (TPSA) is 213 Å². The van der Waals surface area contributed by atoms with Crippen LogP contribution in [0, 0.1) is 30.1 Å². The Morgan fingerprint density at radius 1 is 0.894 bits per heavy atom. The summed E-state index contributed by atoms with van der Waals surface area (Å²) in [6.45, 7) is 33.7. The summed E-state index contributed by atoms with van der Waals surface area (Å²) in [5.74, 6) is 0.223. The normalized spacial score (nSPS) is 25.8. The number of halogens is 3. The van der Waals surface area contributed by atoms with Gasteiger partial charge in [-0.2, -0.15) is 28.2 Å². The van der Waals surface area contributed by atoms with E-state index in [4.69, 9.17) is 49.0 Å². The Hall–Kier alpha value is -7.17. The zero-order valence-electron chi connectivity index (χ0n) is 62.5. The number of benzene rings is 2. The minimum absolute atomic E-state index is 0.0357. The van der Waals surface area contributed by atoms with Gasteiger partial charge in [0.25, 0.3) is 0 Å². The lowest BCUT2D eigenvalue weighted by Crippen LogP contribution is -2.68. The van der Waals surface area contributed by atoms with Gasteiger partial charge in [0.15, 0.2) is 14.5 Å². The summed E-state index contributed by atoms with van der Waals surface area (Å²) in [5, 5.41) is 19.2. The number of carbonyl (C=O) groups excluding carboxylic acids is 3. The number of anilines is 1. The third-order valence-corrected chi connectivity index (χ3v) is 30.3. The molecule has 1 N–H and O–H groups in total. The fourth-order valence-electron chi connectivity index (χ4n) is 17.9. The van der Waals surface area contributed by atoms with Crippen LogP contribution in [0.15, 0.2) is 60.5 Å². The first-order valence-corrected chi connectivity index (χ1v) is 41.8. The number of amides is 3. The van der Waals surface area contributed by atoms with Crippen molar-refractivity contribution < 1.29 is 46.2 Å². The fraction of sp³-hybridized carbons (Fsp3) is 0.610. The number of ether oxygens (including phenoxy) is 3. The van der Waals surface area contributed by atoms with E-state index in [-0.39, 0.29) is 80.2 Å². The Morgan fingerprint density at radius 2 is 1.63 bits per heavy atom. The highest BCUT2D eigenvalue weighted by molar-refractivity contribution is 7.26. The molecule has 11 heterocycles. The van der Waals surface area contributed by atoms with Crippen molar-refractivity contribution in [2.24, 2.45) is 16.2 Å². The van der Waals surface area contributed by atoms with E-state index in [1.165, 1.54) is 24.5 Å². The maximum absolute atomic E-state index is 15.7. The number of aromatic nitrogens is 9. The number of thiazole rings is 1. The van der Waals surface area contributed by atoms with Crippen molar-refractivity contribution in [2.45, 2.75) is 232 Å². The average Bonchev–Trinajstić information content (AvgIpc) is 0.770. The minimum Gasteiger partial charge on any atom is -0.463 e. The zero-order chi connectivity index (χ0) is 73.6. The molecule has 5 aliphatic heterocycles. The van der Waals surface area contributed by atoms with Gasteiger partial charge in [-0.05, 0) is 163 Å². The number of alkyl halides is 3. The van der Waals surface area contributed by atoms with Crippen LogP contribution in [0.4, 0.5) is 23.8 Å². The molecular weight excluding hydrogens is 1380 g/mol. The van der Waals surface area contributed by atoms with Crippen LogP contribution in [0.25, 0.3) is 52.9 Å². The van der Waals surface area contributed by atoms with Crippen LogP contribution in [-0.4, -0.2) is 168 Å². The Kier molecular flexibility index (Phi) is 18.3. The molecule has 3 saturated carbocycles. The van der Waals surface area contributed by atoms with E-state index in [0.717, 1.165) is 105 Å². The number of hydrogen-bond donors (Lipinski definition) is 1. The van der Waals surface area contributed by atoms with Gasteiger partial charge in [-0.3, -0.25) is 19.5 Å². The standard InChI is InChI=1S/C77H99F3N14O7S2Si/c1-45-30-54-53(33-84-94(54)57-18-15-16-29-98-57)58(60(45)77(78,79)80)61-63-52(25-27-81-61)59-65(90-34-49-23-24-50(35-90)93(49)70(97)100-72(6,7)8)85-69(86-67(59)103-63)99-43-74(12)26-17-28-89(41-74)42-75-38-76(39-75,40-75)56-37-92(88-87-56)64(71(3,4)5)68(96)91-36-51(101-104(13,14)73(9,10)11)31-55(91)66(95)82-32-47-19-21-48(22-20-47)62-46(2)83-44-102-62/h19-22,25,27,30,33,37,44,49-51,55,57,64H,15-18,23-24,26,28-29,31-32,34-36,38-43H2,1-14H3,(H,82,95)/t49-,50+,51-,55+,57?,64-,74?,75?,76?/m1/s1. The van der Waals surface area contributed by atoms with E-state index >= 15 is 18.0 Å². The first-order chi connectivity index (χ1) is 49.1. The van der Waals surface area contributed by atoms with Crippen LogP contribution in [0.2, 0.25) is 18.1 Å². The second kappa shape index (κ2) is 26.4. The largest absolute Gasteiger partial charge is 0.463 e. The maximum atomic E-state index is 15.7. The third-order valence-electron chi connectivity index (χ3n) is 23.7. The molecule has 3 amide bonds. The molecule has 16 rings (SSSR count). The van der Waals surface area contributed by atoms with Crippen molar-refractivity contribution in [3.8, 4) is 27.7 Å². The highest BCUT2D eigenvalue weighted by Crippen LogP contribution is 2.73. The van der Waals surface area contributed by atoms with Gasteiger partial charge in [0.2, 0.25) is 11.8 Å². The molecule has 104 heavy (non-hydrogen) atoms. The van der Waals surface area contributed by atoms with Gasteiger partial charge in [-0.1, -0.05) is 77.9 Å². The van der Waals surface area contributed by atoms with Crippen LogP contribution in [0.3, 0.4) is 0 Å². The van der Waals surface area contributed by atoms with Crippen LogP contribution in [-0.2, 0) is 41.6 Å². The third kappa shape index (κ3) is 13.5. The van der Waals surface area contributed by atoms with Gasteiger partial charge in [-0.25, -0.2) is 19.1 Å². The molecule has 2 unspecified atom stereocenters. The summed E-state index contributed by atoms with van der Waals surface area (Å²) >= 11 is 2.89. The van der Waals surface area contributed by atoms with Crippen molar-refractivity contribution in [3.05, 3.63) is 88.6 Å². The number of nitrogens with zero attached hydrogens (tertiary/aromatic N) is 13. The predicted molar refractivity (Wildman–Crippen MR) is 399 cm³/mol. The summed E-state index contributed by atoms with van der Waals surface area (Å²) in [6.07, 6.45) is 8.61. The molecule has 0 radical (unpaired) electrons. The van der Waals surface area contributed by atoms with Crippen LogP contribution >= 0.6 is 22.7 Å². The van der Waals surface area contributed by atoms with Crippen molar-refractivity contribution in [3.63, 3.8) is 0 Å². The Bertz CT molecular complexity index is 4590. The minimum atomic E-state index is -4.72. The lowest BCUT2D eigenvalue weighted by atomic mass is 9.34. The van der Waals surface area contributed by atoms with Gasteiger partial charge in [0.1, 0.15) is 28.3 Å². The number of nitrogens with one attached hydrogen (secondary N) is 1. The first-order valence-electron chi connectivity index (χ1n) is 37.1. The van der Waals surface area contributed by atoms with Crippen molar-refractivity contribution >= 4 is 85.9 Å². The Morgan fingerprint density at radius 3 is 2.30 bits per heavy atom. The molecule has 27 heteroatoms. The van der Waals surface area contributed by atoms with E-state index in [2.05, 4.69) is 93.8 Å². The number of thiophene rings is 1. The van der Waals surface area contributed by atoms with Crippen molar-refractivity contribution in [2.75, 3.05) is 57.4 Å². The predicted octanol–water partition coefficient (Wildman–Crippen LogP) is 15.4. The number of pyridine rings is 1. The quantitative estimate of drug-likeness (QED) is 0.0839. The summed E-state index contributed by atoms with van der Waals surface area (Å²) < 4.78 is 76.9. The highest BCUT2D eigenvalue weighted by Gasteiger charge is 2.70. The molecule has 8 aromatic rings. The first kappa shape index (κ1) is 72.4. The van der Waals surface area contributed by atoms with Gasteiger partial charge in [-0.15, -0.1) is 27.8 Å². The SMILES string of the molecule is Cc1cc2c(cnn2C2CCCCO2)c(-c2nccc3c2sc2nc(OCC4(C)CCCN(CC56CC(c7cn([C@H](C(=O)N8C[C@H](O[Si](C)(C)C(C)(C)C)C[C@H]8C(=O)NCc8ccc(-c9scnc9C)cc8)C(C)(C)C)nn7)(C5)C6)C4)nc(N4C[C@H]5CC[C@@H](C4)N5C(=O)OC(C)(C)C)c23)c1C(F)(F)F. The van der Waals surface area contributed by atoms with Gasteiger partial charge < -0.3 is 38.7 Å². The highest BCUT2D eigenvalue weighted by atomic mass is 32.1. The number of fused-ring (bicyclic) bond motifs is 6. The molecule has 21 nitrogen and oxygen atoms in total. The molecule has 0 spiro atoms. The molecule has 5 saturated heterocycles. The molecule has 3 aliphatic carbocycles. The van der Waals surface area contributed by atoms with E-state index in [1.807, 2.05) is 62.5 Å². The van der Waals surface area contributed by atoms with Gasteiger partial charge >= 0.3 is 18.3 Å². The Labute approximate surface area is 615 Å². The number of piperidine rings is 1. The lowest BCUT2D eigenvalue weighted by Gasteiger charge is -2.71. The smallest absolute Gasteiger partial charge is 0.417 e. The number of piperazine rings is 1. The number of carbonyl (C=O) groups is 3. The summed E-state index contributed by atoms with van der Waals surface area (Å²) in [4.78, 5) is 73.5. The van der Waals surface area contributed by atoms with Gasteiger partial charge in [0.05, 0.1) is 79.6 Å². The maximum Gasteiger partial charge on any atom is 0.417 e. The van der Waals surface area contributed by atoms with Crippen LogP contribution in [0.5, 0.6) is 6.01 Å². The fourth-order valence-corrected chi connectivity index (χ4v) is 21.3. The molecule has 4 bridgehead atoms. The number of hydrogen-bond acceptors (Lipinski definition) is 18. The Balaban J connectivity index is 0.656. The van der Waals surface area contributed by atoms with Crippen LogP contribution < -0.4 is 15.0 Å². The lowest BCUT2D eigenvalue weighted by molar-refractivity contribution is -0.164. The average molecular weight is 1480 g/mol. The van der Waals surface area contributed by atoms with Crippen LogP contribution in [0.1, 0.15) is 180 Å². The summed E-state index contributed by atoms with van der Waals surface area (Å²) in [6, 6.07) is 9.99.